The molecule has 0 aromatic heterocycles. The highest BCUT2D eigenvalue weighted by atomic mass is 16.1. The van der Waals surface area contributed by atoms with Crippen LogP contribution in [0.1, 0.15) is 32.1 Å². The molecule has 0 aliphatic rings. The molecule has 0 fully saturated rings. The number of nitrogens with two attached hydrogens (primary N) is 2. The predicted molar refractivity (Wildman–Crippen MR) is 92.8 cm³/mol. The summed E-state index contributed by atoms with van der Waals surface area (Å²) in [6, 6.07) is 0. The molecular weight excluding hydrogens is 280 g/mol. The van der Waals surface area contributed by atoms with E-state index in [1.54, 1.807) is 0 Å². The summed E-state index contributed by atoms with van der Waals surface area (Å²) < 4.78 is 0. The van der Waals surface area contributed by atoms with Crippen LogP contribution in [0.25, 0.3) is 0 Å². The van der Waals surface area contributed by atoms with Gasteiger partial charge in [0.15, 0.2) is 0 Å². The van der Waals surface area contributed by atoms with Gasteiger partial charge < -0.3 is 32.7 Å². The van der Waals surface area contributed by atoms with Crippen LogP contribution in [0.5, 0.6) is 0 Å². The highest BCUT2D eigenvalue weighted by molar-refractivity contribution is 5.75. The number of nitrogens with one attached hydrogen (secondary N) is 4. The van der Waals surface area contributed by atoms with Crippen molar-refractivity contribution in [3.63, 3.8) is 0 Å². The Labute approximate surface area is 135 Å². The number of unbranched alkanes of at least 4 members (excludes halogenated alkanes) is 1. The maximum atomic E-state index is 11.5. The zero-order valence-electron chi connectivity index (χ0n) is 14.0. The van der Waals surface area contributed by atoms with Gasteiger partial charge >= 0.3 is 0 Å². The average molecular weight is 316 g/mol. The smallest absolute Gasteiger partial charge is 0.221 e. The Morgan fingerprint density at radius 1 is 0.636 bits per heavy atom. The lowest BCUT2D eigenvalue weighted by Crippen LogP contribution is -2.31. The van der Waals surface area contributed by atoms with Crippen molar-refractivity contribution in [2.75, 3.05) is 58.9 Å². The summed E-state index contributed by atoms with van der Waals surface area (Å²) in [6.07, 6.45) is 4.90. The quantitative estimate of drug-likeness (QED) is 0.187. The largest absolute Gasteiger partial charge is 0.356 e. The van der Waals surface area contributed by atoms with E-state index in [2.05, 4.69) is 21.3 Å². The van der Waals surface area contributed by atoms with Gasteiger partial charge in [0.1, 0.15) is 0 Å². The van der Waals surface area contributed by atoms with Crippen LogP contribution in [0.15, 0.2) is 0 Å². The number of amides is 1. The molecule has 0 aliphatic carbocycles. The maximum absolute atomic E-state index is 11.5. The van der Waals surface area contributed by atoms with E-state index in [0.717, 1.165) is 58.7 Å². The van der Waals surface area contributed by atoms with Crippen LogP contribution in [0, 0.1) is 0 Å². The van der Waals surface area contributed by atoms with Crippen LogP contribution in [-0.2, 0) is 4.79 Å². The van der Waals surface area contributed by atoms with Crippen molar-refractivity contribution in [1.82, 2.24) is 21.3 Å². The molecule has 0 aliphatic heterocycles. The highest BCUT2D eigenvalue weighted by Gasteiger charge is 1.99. The van der Waals surface area contributed by atoms with Crippen molar-refractivity contribution in [2.45, 2.75) is 32.1 Å². The molecule has 0 bridgehead atoms. The average Bonchev–Trinajstić information content (AvgIpc) is 2.52. The van der Waals surface area contributed by atoms with E-state index in [9.17, 15) is 4.79 Å². The monoisotopic (exact) mass is 316 g/mol. The fourth-order valence-electron chi connectivity index (χ4n) is 1.94. The third-order valence-corrected chi connectivity index (χ3v) is 3.22. The molecule has 7 heteroatoms. The van der Waals surface area contributed by atoms with Crippen molar-refractivity contribution in [3.8, 4) is 0 Å². The van der Waals surface area contributed by atoms with Gasteiger partial charge in [0.2, 0.25) is 5.91 Å². The molecule has 132 valence electrons. The minimum absolute atomic E-state index is 0.105. The Kier molecular flexibility index (Phi) is 17.7. The summed E-state index contributed by atoms with van der Waals surface area (Å²) in [5.41, 5.74) is 10.8. The second kappa shape index (κ2) is 18.3. The van der Waals surface area contributed by atoms with Crippen LogP contribution in [0.2, 0.25) is 0 Å². The second-order valence-corrected chi connectivity index (χ2v) is 5.34. The maximum Gasteiger partial charge on any atom is 0.221 e. The van der Waals surface area contributed by atoms with Gasteiger partial charge in [-0.2, -0.15) is 0 Å². The van der Waals surface area contributed by atoms with Gasteiger partial charge in [0, 0.05) is 32.6 Å². The fraction of sp³-hybridized carbons (Fsp3) is 0.933. The second-order valence-electron chi connectivity index (χ2n) is 5.34. The molecule has 0 aromatic rings. The Bertz CT molecular complexity index is 240. The Balaban J connectivity index is 3.08. The lowest BCUT2D eigenvalue weighted by molar-refractivity contribution is -0.120. The van der Waals surface area contributed by atoms with Crippen molar-refractivity contribution in [2.24, 2.45) is 11.5 Å². The molecule has 22 heavy (non-hydrogen) atoms. The zero-order valence-corrected chi connectivity index (χ0v) is 14.0. The first-order valence-corrected chi connectivity index (χ1v) is 8.60. The molecule has 0 saturated heterocycles. The van der Waals surface area contributed by atoms with Gasteiger partial charge in [-0.1, -0.05) is 0 Å². The summed E-state index contributed by atoms with van der Waals surface area (Å²) in [5.74, 6) is 0.105. The summed E-state index contributed by atoms with van der Waals surface area (Å²) in [5, 5.41) is 12.8. The van der Waals surface area contributed by atoms with Gasteiger partial charge in [0.05, 0.1) is 0 Å². The van der Waals surface area contributed by atoms with Gasteiger partial charge in [-0.25, -0.2) is 0 Å². The summed E-state index contributed by atoms with van der Waals surface area (Å²) in [4.78, 5) is 11.5. The molecule has 0 aromatic carbocycles. The first kappa shape index (κ1) is 21.3. The van der Waals surface area contributed by atoms with E-state index in [4.69, 9.17) is 11.5 Å². The lowest BCUT2D eigenvalue weighted by Gasteiger charge is -2.07. The van der Waals surface area contributed by atoms with Crippen LogP contribution in [0.4, 0.5) is 0 Å². The van der Waals surface area contributed by atoms with E-state index >= 15 is 0 Å². The summed E-state index contributed by atoms with van der Waals surface area (Å²) in [7, 11) is 0. The van der Waals surface area contributed by atoms with Crippen molar-refractivity contribution < 1.29 is 4.79 Å². The third-order valence-electron chi connectivity index (χ3n) is 3.22. The molecule has 0 radical (unpaired) electrons. The van der Waals surface area contributed by atoms with E-state index in [0.29, 0.717) is 19.5 Å². The molecule has 0 spiro atoms. The van der Waals surface area contributed by atoms with Crippen LogP contribution < -0.4 is 32.7 Å². The molecule has 0 heterocycles. The van der Waals surface area contributed by atoms with E-state index < -0.39 is 0 Å². The lowest BCUT2D eigenvalue weighted by atomic mass is 10.3. The van der Waals surface area contributed by atoms with E-state index in [1.165, 1.54) is 12.8 Å². The van der Waals surface area contributed by atoms with Gasteiger partial charge in [-0.3, -0.25) is 4.79 Å². The van der Waals surface area contributed by atoms with Crippen molar-refractivity contribution >= 4 is 5.91 Å². The predicted octanol–water partition coefficient (Wildman–Crippen LogP) is -1.26. The fourth-order valence-corrected chi connectivity index (χ4v) is 1.94. The molecule has 7 nitrogen and oxygen atoms in total. The first-order valence-electron chi connectivity index (χ1n) is 8.60. The van der Waals surface area contributed by atoms with Crippen molar-refractivity contribution in [3.05, 3.63) is 0 Å². The number of carbonyl (C=O) groups is 1. The number of rotatable bonds is 17. The Morgan fingerprint density at radius 3 is 1.86 bits per heavy atom. The summed E-state index contributed by atoms with van der Waals surface area (Å²) in [6.45, 7) is 7.64. The van der Waals surface area contributed by atoms with Crippen LogP contribution in [-0.4, -0.2) is 64.8 Å². The minimum Gasteiger partial charge on any atom is -0.356 e. The third kappa shape index (κ3) is 17.3. The van der Waals surface area contributed by atoms with E-state index in [-0.39, 0.29) is 5.91 Å². The zero-order chi connectivity index (χ0) is 16.3. The highest BCUT2D eigenvalue weighted by Crippen LogP contribution is 1.85. The van der Waals surface area contributed by atoms with Crippen molar-refractivity contribution in [1.29, 1.82) is 0 Å². The topological polar surface area (TPSA) is 117 Å². The van der Waals surface area contributed by atoms with Crippen LogP contribution in [0.3, 0.4) is 0 Å². The molecular formula is C15H36N6O. The Hall–Kier alpha value is -0.730. The first-order chi connectivity index (χ1) is 10.8. The number of hydrogen-bond acceptors (Lipinski definition) is 6. The van der Waals surface area contributed by atoms with Gasteiger partial charge in [-0.15, -0.1) is 0 Å². The van der Waals surface area contributed by atoms with Gasteiger partial charge in [0.25, 0.3) is 0 Å². The minimum atomic E-state index is 0.105. The number of carbonyl (C=O) groups excluding carboxylic acids is 1. The number of hydrogen-bond donors (Lipinski definition) is 6. The normalized spacial score (nSPS) is 10.8. The van der Waals surface area contributed by atoms with E-state index in [1.807, 2.05) is 0 Å². The SMILES string of the molecule is NCCCNCCCCNCCCNC(=O)CCNCCN. The molecule has 0 saturated carbocycles. The molecule has 8 N–H and O–H groups in total. The molecule has 1 amide bonds. The molecule has 0 rings (SSSR count). The van der Waals surface area contributed by atoms with Gasteiger partial charge in [-0.05, 0) is 58.4 Å². The Morgan fingerprint density at radius 2 is 1.23 bits per heavy atom. The standard InChI is InChI=1S/C15H36N6O/c16-6-3-10-18-8-1-2-9-19-11-4-12-21-15(22)5-13-20-14-7-17/h18-20H,1-14,16-17H2,(H,21,22). The summed E-state index contributed by atoms with van der Waals surface area (Å²) >= 11 is 0. The molecule has 0 unspecified atom stereocenters. The molecule has 0 atom stereocenters. The van der Waals surface area contributed by atoms with Crippen LogP contribution >= 0.6 is 0 Å².